The van der Waals surface area contributed by atoms with Gasteiger partial charge in [0, 0.05) is 29.2 Å². The molecule has 0 bridgehead atoms. The summed E-state index contributed by atoms with van der Waals surface area (Å²) in [6.45, 7) is 10.6. The van der Waals surface area contributed by atoms with Gasteiger partial charge in [-0.25, -0.2) is 0 Å². The van der Waals surface area contributed by atoms with Crippen molar-refractivity contribution in [2.75, 3.05) is 32.8 Å². The first-order valence-electron chi connectivity index (χ1n) is 8.71. The maximum Gasteiger partial charge on any atom is 0.189 e. The number of benzene rings is 1. The van der Waals surface area contributed by atoms with Gasteiger partial charge in [-0.2, -0.15) is 0 Å². The molecule has 3 N–H and O–H groups in total. The van der Waals surface area contributed by atoms with E-state index < -0.39 is 0 Å². The largest absolute Gasteiger partial charge is 0.379 e. The molecule has 5 nitrogen and oxygen atoms in total. The van der Waals surface area contributed by atoms with Crippen LogP contribution in [-0.2, 0) is 4.74 Å². The average molecular weight is 387 g/mol. The number of hydrogen-bond donors (Lipinski definition) is 2. The van der Waals surface area contributed by atoms with E-state index in [4.69, 9.17) is 33.7 Å². The van der Waals surface area contributed by atoms with E-state index in [9.17, 15) is 0 Å². The zero-order valence-electron chi connectivity index (χ0n) is 15.1. The molecule has 0 spiro atoms. The van der Waals surface area contributed by atoms with E-state index in [1.165, 1.54) is 0 Å². The SMILES string of the molecule is CC(NC(N)=NCC(C(C)C)N1CCOCC1)c1ccc(Cl)cc1Cl. The molecule has 7 heteroatoms. The highest BCUT2D eigenvalue weighted by Crippen LogP contribution is 2.26. The molecule has 1 fully saturated rings. The van der Waals surface area contributed by atoms with Crippen LogP contribution >= 0.6 is 23.2 Å². The van der Waals surface area contributed by atoms with Gasteiger partial charge in [0.05, 0.1) is 25.8 Å². The van der Waals surface area contributed by atoms with Gasteiger partial charge >= 0.3 is 0 Å². The van der Waals surface area contributed by atoms with Gasteiger partial charge < -0.3 is 15.8 Å². The number of nitrogens with zero attached hydrogens (tertiary/aromatic N) is 2. The number of morpholine rings is 1. The molecule has 2 rings (SSSR count). The van der Waals surface area contributed by atoms with Crippen molar-refractivity contribution in [3.63, 3.8) is 0 Å². The summed E-state index contributed by atoms with van der Waals surface area (Å²) in [6.07, 6.45) is 0. The fourth-order valence-corrected chi connectivity index (χ4v) is 3.62. The number of nitrogens with two attached hydrogens (primary N) is 1. The van der Waals surface area contributed by atoms with Crippen molar-refractivity contribution in [2.24, 2.45) is 16.6 Å². The van der Waals surface area contributed by atoms with Crippen molar-refractivity contribution in [3.05, 3.63) is 33.8 Å². The predicted molar refractivity (Wildman–Crippen MR) is 106 cm³/mol. The second-order valence-electron chi connectivity index (χ2n) is 6.72. The first kappa shape index (κ1) is 20.3. The van der Waals surface area contributed by atoms with Crippen LogP contribution in [0.5, 0.6) is 0 Å². The second-order valence-corrected chi connectivity index (χ2v) is 7.56. The van der Waals surface area contributed by atoms with Gasteiger partial charge in [-0.05, 0) is 30.5 Å². The predicted octanol–water partition coefficient (Wildman–Crippen LogP) is 3.32. The smallest absolute Gasteiger partial charge is 0.189 e. The van der Waals surface area contributed by atoms with Crippen LogP contribution in [0.2, 0.25) is 10.0 Å². The van der Waals surface area contributed by atoms with Gasteiger partial charge in [-0.3, -0.25) is 9.89 Å². The summed E-state index contributed by atoms with van der Waals surface area (Å²) < 4.78 is 5.44. The second kappa shape index (κ2) is 9.62. The standard InChI is InChI=1S/C18H28Cl2N4O/c1-12(2)17(24-6-8-25-9-7-24)11-22-18(21)23-13(3)15-5-4-14(19)10-16(15)20/h4-5,10,12-13,17H,6-9,11H2,1-3H3,(H3,21,22,23). The number of rotatable bonds is 6. The summed E-state index contributed by atoms with van der Waals surface area (Å²) in [5.41, 5.74) is 7.04. The van der Waals surface area contributed by atoms with Crippen LogP contribution in [-0.4, -0.2) is 49.7 Å². The minimum atomic E-state index is -0.0468. The van der Waals surface area contributed by atoms with Crippen molar-refractivity contribution in [1.82, 2.24) is 10.2 Å². The lowest BCUT2D eigenvalue weighted by molar-refractivity contribution is 0.00868. The van der Waals surface area contributed by atoms with E-state index in [1.807, 2.05) is 19.1 Å². The van der Waals surface area contributed by atoms with Gasteiger partial charge in [0.2, 0.25) is 0 Å². The first-order chi connectivity index (χ1) is 11.9. The molecule has 1 saturated heterocycles. The zero-order valence-corrected chi connectivity index (χ0v) is 16.6. The van der Waals surface area contributed by atoms with Crippen LogP contribution in [0.1, 0.15) is 32.4 Å². The topological polar surface area (TPSA) is 62.9 Å². The van der Waals surface area contributed by atoms with Crippen LogP contribution in [0.3, 0.4) is 0 Å². The monoisotopic (exact) mass is 386 g/mol. The van der Waals surface area contributed by atoms with Crippen LogP contribution in [0.25, 0.3) is 0 Å². The molecule has 1 aromatic rings. The van der Waals surface area contributed by atoms with Gasteiger partial charge in [0.15, 0.2) is 5.96 Å². The minimum Gasteiger partial charge on any atom is -0.379 e. The Morgan fingerprint density at radius 1 is 1.28 bits per heavy atom. The lowest BCUT2D eigenvalue weighted by Crippen LogP contribution is -2.48. The zero-order chi connectivity index (χ0) is 18.4. The third-order valence-corrected chi connectivity index (χ3v) is 5.09. The molecule has 25 heavy (non-hydrogen) atoms. The third-order valence-electron chi connectivity index (χ3n) is 4.53. The van der Waals surface area contributed by atoms with Crippen molar-refractivity contribution in [3.8, 4) is 0 Å². The fourth-order valence-electron chi connectivity index (χ4n) is 3.05. The Labute approximate surface area is 160 Å². The van der Waals surface area contributed by atoms with E-state index in [0.717, 1.165) is 31.9 Å². The van der Waals surface area contributed by atoms with E-state index in [1.54, 1.807) is 6.07 Å². The summed E-state index contributed by atoms with van der Waals surface area (Å²) in [5.74, 6) is 0.926. The maximum atomic E-state index is 6.25. The lowest BCUT2D eigenvalue weighted by Gasteiger charge is -2.36. The molecule has 1 aliphatic rings. The molecule has 0 aromatic heterocycles. The van der Waals surface area contributed by atoms with Crippen molar-refractivity contribution < 1.29 is 4.74 Å². The van der Waals surface area contributed by atoms with Crippen LogP contribution in [0.15, 0.2) is 23.2 Å². The number of guanidine groups is 1. The first-order valence-corrected chi connectivity index (χ1v) is 9.47. The number of nitrogens with one attached hydrogen (secondary N) is 1. The Morgan fingerprint density at radius 3 is 2.56 bits per heavy atom. The number of ether oxygens (including phenoxy) is 1. The van der Waals surface area contributed by atoms with Crippen molar-refractivity contribution in [1.29, 1.82) is 0 Å². The van der Waals surface area contributed by atoms with Gasteiger partial charge in [0.1, 0.15) is 0 Å². The molecule has 0 saturated carbocycles. The molecule has 1 aromatic carbocycles. The Balaban J connectivity index is 1.96. The molecular weight excluding hydrogens is 359 g/mol. The minimum absolute atomic E-state index is 0.0468. The van der Waals surface area contributed by atoms with Crippen molar-refractivity contribution >= 4 is 29.2 Å². The third kappa shape index (κ3) is 6.03. The van der Waals surface area contributed by atoms with Gasteiger partial charge in [-0.15, -0.1) is 0 Å². The molecular formula is C18H28Cl2N4O. The summed E-state index contributed by atoms with van der Waals surface area (Å²) in [7, 11) is 0. The summed E-state index contributed by atoms with van der Waals surface area (Å²) in [4.78, 5) is 7.00. The summed E-state index contributed by atoms with van der Waals surface area (Å²) in [5, 5.41) is 4.45. The van der Waals surface area contributed by atoms with E-state index >= 15 is 0 Å². The summed E-state index contributed by atoms with van der Waals surface area (Å²) in [6, 6.07) is 5.77. The summed E-state index contributed by atoms with van der Waals surface area (Å²) >= 11 is 12.2. The Bertz CT molecular complexity index is 588. The normalized spacial score (nSPS) is 19.0. The number of hydrogen-bond acceptors (Lipinski definition) is 3. The van der Waals surface area contributed by atoms with E-state index in [2.05, 4.69) is 29.1 Å². The van der Waals surface area contributed by atoms with Crippen LogP contribution < -0.4 is 11.1 Å². The molecule has 0 radical (unpaired) electrons. The Kier molecular flexibility index (Phi) is 7.81. The molecule has 140 valence electrons. The Hall–Kier alpha value is -1.01. The fraction of sp³-hybridized carbons (Fsp3) is 0.611. The molecule has 1 aliphatic heterocycles. The number of halogens is 2. The highest BCUT2D eigenvalue weighted by molar-refractivity contribution is 6.35. The molecule has 0 amide bonds. The highest BCUT2D eigenvalue weighted by Gasteiger charge is 2.23. The number of aliphatic imine (C=N–C) groups is 1. The molecule has 1 heterocycles. The van der Waals surface area contributed by atoms with Crippen LogP contribution in [0, 0.1) is 5.92 Å². The molecule has 0 aliphatic carbocycles. The quantitative estimate of drug-likeness (QED) is 0.581. The average Bonchev–Trinajstić information content (AvgIpc) is 2.55. The van der Waals surface area contributed by atoms with Gasteiger partial charge in [-0.1, -0.05) is 43.1 Å². The van der Waals surface area contributed by atoms with E-state index in [0.29, 0.717) is 34.5 Å². The van der Waals surface area contributed by atoms with Crippen LogP contribution in [0.4, 0.5) is 0 Å². The Morgan fingerprint density at radius 2 is 1.96 bits per heavy atom. The highest BCUT2D eigenvalue weighted by atomic mass is 35.5. The van der Waals surface area contributed by atoms with Gasteiger partial charge in [0.25, 0.3) is 0 Å². The molecule has 2 unspecified atom stereocenters. The van der Waals surface area contributed by atoms with Crippen molar-refractivity contribution in [2.45, 2.75) is 32.9 Å². The molecule has 2 atom stereocenters. The van der Waals surface area contributed by atoms with E-state index in [-0.39, 0.29) is 6.04 Å². The maximum absolute atomic E-state index is 6.25. The lowest BCUT2D eigenvalue weighted by atomic mass is 10.0.